The fraction of sp³-hybridized carbons (Fsp3) is 0.316. The molecule has 6 heteroatoms. The lowest BCUT2D eigenvalue weighted by molar-refractivity contribution is 0.0948. The molecule has 6 nitrogen and oxygen atoms in total. The molecule has 0 spiro atoms. The zero-order valence-electron chi connectivity index (χ0n) is 13.9. The number of likely N-dealkylation sites (tertiary alicyclic amines) is 1. The van der Waals surface area contributed by atoms with Crippen LogP contribution in [0, 0.1) is 5.92 Å². The summed E-state index contributed by atoms with van der Waals surface area (Å²) in [5, 5.41) is 3.06. The minimum Gasteiger partial charge on any atom is -0.468 e. The summed E-state index contributed by atoms with van der Waals surface area (Å²) in [4.78, 5) is 23.4. The lowest BCUT2D eigenvalue weighted by atomic mass is 10.1. The third-order valence-electron chi connectivity index (χ3n) is 4.62. The van der Waals surface area contributed by atoms with Crippen LogP contribution in [0.25, 0.3) is 11.0 Å². The fourth-order valence-corrected chi connectivity index (χ4v) is 3.35. The van der Waals surface area contributed by atoms with Crippen LogP contribution in [0.3, 0.4) is 0 Å². The summed E-state index contributed by atoms with van der Waals surface area (Å²) >= 11 is 0. The van der Waals surface area contributed by atoms with Gasteiger partial charge in [-0.3, -0.25) is 19.7 Å². The number of para-hydroxylation sites is 1. The Morgan fingerprint density at radius 1 is 1.24 bits per heavy atom. The molecule has 2 aromatic heterocycles. The van der Waals surface area contributed by atoms with Crippen LogP contribution in [0.1, 0.15) is 22.5 Å². The second kappa shape index (κ2) is 7.03. The van der Waals surface area contributed by atoms with Crippen molar-refractivity contribution in [2.75, 3.05) is 19.6 Å². The van der Waals surface area contributed by atoms with E-state index in [4.69, 9.17) is 4.42 Å². The van der Waals surface area contributed by atoms with Crippen molar-refractivity contribution in [3.8, 4) is 0 Å². The first-order valence-electron chi connectivity index (χ1n) is 8.52. The molecule has 1 unspecified atom stereocenters. The van der Waals surface area contributed by atoms with Crippen molar-refractivity contribution < 1.29 is 9.21 Å². The monoisotopic (exact) mass is 336 g/mol. The van der Waals surface area contributed by atoms with Crippen molar-refractivity contribution in [3.05, 3.63) is 60.3 Å². The van der Waals surface area contributed by atoms with Crippen LogP contribution in [-0.4, -0.2) is 40.4 Å². The van der Waals surface area contributed by atoms with Crippen LogP contribution >= 0.6 is 0 Å². The lowest BCUT2D eigenvalue weighted by Crippen LogP contribution is -2.31. The molecule has 1 fully saturated rings. The number of rotatable bonds is 5. The standard InChI is InChI=1S/C19H20N4O2/c24-19(16-4-1-5-17-18(16)21-8-7-20-17)22-11-14-6-9-23(12-14)13-15-3-2-10-25-15/h1-5,7-8,10,14H,6,9,11-13H2,(H,22,24). The summed E-state index contributed by atoms with van der Waals surface area (Å²) in [7, 11) is 0. The highest BCUT2D eigenvalue weighted by Gasteiger charge is 2.24. The van der Waals surface area contributed by atoms with E-state index >= 15 is 0 Å². The van der Waals surface area contributed by atoms with E-state index in [1.165, 1.54) is 0 Å². The summed E-state index contributed by atoms with van der Waals surface area (Å²) in [5.74, 6) is 1.36. The van der Waals surface area contributed by atoms with Crippen LogP contribution in [0.15, 0.2) is 53.4 Å². The van der Waals surface area contributed by atoms with E-state index in [9.17, 15) is 4.79 Å². The van der Waals surface area contributed by atoms with Gasteiger partial charge in [-0.25, -0.2) is 0 Å². The predicted octanol–water partition coefficient (Wildman–Crippen LogP) is 2.47. The maximum Gasteiger partial charge on any atom is 0.253 e. The van der Waals surface area contributed by atoms with Gasteiger partial charge in [-0.2, -0.15) is 0 Å². The molecule has 1 amide bonds. The third-order valence-corrected chi connectivity index (χ3v) is 4.62. The van der Waals surface area contributed by atoms with E-state index < -0.39 is 0 Å². The maximum absolute atomic E-state index is 12.5. The number of nitrogens with zero attached hydrogens (tertiary/aromatic N) is 3. The maximum atomic E-state index is 12.5. The normalized spacial score (nSPS) is 17.8. The molecule has 1 aliphatic rings. The molecule has 0 bridgehead atoms. The predicted molar refractivity (Wildman–Crippen MR) is 94.0 cm³/mol. The van der Waals surface area contributed by atoms with Gasteiger partial charge >= 0.3 is 0 Å². The first-order chi connectivity index (χ1) is 12.3. The number of nitrogens with one attached hydrogen (secondary N) is 1. The molecule has 1 N–H and O–H groups in total. The van der Waals surface area contributed by atoms with Gasteiger partial charge in [0.1, 0.15) is 11.3 Å². The lowest BCUT2D eigenvalue weighted by Gasteiger charge is -2.15. The molecule has 0 aliphatic carbocycles. The number of furan rings is 1. The molecule has 0 radical (unpaired) electrons. The molecule has 25 heavy (non-hydrogen) atoms. The number of fused-ring (bicyclic) bond motifs is 1. The quantitative estimate of drug-likeness (QED) is 0.775. The van der Waals surface area contributed by atoms with Gasteiger partial charge in [0.2, 0.25) is 0 Å². The summed E-state index contributed by atoms with van der Waals surface area (Å²) in [6.07, 6.45) is 6.03. The Kier molecular flexibility index (Phi) is 4.43. The van der Waals surface area contributed by atoms with Crippen molar-refractivity contribution in [2.24, 2.45) is 5.92 Å². The van der Waals surface area contributed by atoms with E-state index in [2.05, 4.69) is 20.2 Å². The highest BCUT2D eigenvalue weighted by Crippen LogP contribution is 2.19. The summed E-state index contributed by atoms with van der Waals surface area (Å²) in [5.41, 5.74) is 1.96. The molecule has 1 aliphatic heterocycles. The Hall–Kier alpha value is -2.73. The Morgan fingerprint density at radius 3 is 3.04 bits per heavy atom. The number of hydrogen-bond donors (Lipinski definition) is 1. The third kappa shape index (κ3) is 3.53. The smallest absolute Gasteiger partial charge is 0.253 e. The van der Waals surface area contributed by atoms with Crippen molar-refractivity contribution in [2.45, 2.75) is 13.0 Å². The van der Waals surface area contributed by atoms with Gasteiger partial charge in [0.15, 0.2) is 0 Å². The number of benzene rings is 1. The van der Waals surface area contributed by atoms with E-state index in [0.717, 1.165) is 37.3 Å². The van der Waals surface area contributed by atoms with Gasteiger partial charge in [-0.1, -0.05) is 6.07 Å². The molecule has 1 aromatic carbocycles. The summed E-state index contributed by atoms with van der Waals surface area (Å²) < 4.78 is 5.40. The van der Waals surface area contributed by atoms with Crippen molar-refractivity contribution in [3.63, 3.8) is 0 Å². The van der Waals surface area contributed by atoms with Crippen LogP contribution in [0.5, 0.6) is 0 Å². The van der Waals surface area contributed by atoms with Crippen LogP contribution < -0.4 is 5.32 Å². The highest BCUT2D eigenvalue weighted by atomic mass is 16.3. The van der Waals surface area contributed by atoms with E-state index in [0.29, 0.717) is 23.5 Å². The van der Waals surface area contributed by atoms with Crippen molar-refractivity contribution in [1.82, 2.24) is 20.2 Å². The number of hydrogen-bond acceptors (Lipinski definition) is 5. The number of aromatic nitrogens is 2. The van der Waals surface area contributed by atoms with Gasteiger partial charge in [0.05, 0.1) is 23.9 Å². The molecule has 3 aromatic rings. The molecule has 4 rings (SSSR count). The van der Waals surface area contributed by atoms with Gasteiger partial charge < -0.3 is 9.73 Å². The van der Waals surface area contributed by atoms with Gasteiger partial charge in [0.25, 0.3) is 5.91 Å². The summed E-state index contributed by atoms with van der Waals surface area (Å²) in [6, 6.07) is 9.41. The average molecular weight is 336 g/mol. The summed E-state index contributed by atoms with van der Waals surface area (Å²) in [6.45, 7) is 3.50. The van der Waals surface area contributed by atoms with Gasteiger partial charge in [-0.05, 0) is 43.1 Å². The SMILES string of the molecule is O=C(NCC1CCN(Cc2ccco2)C1)c1cccc2nccnc12. The zero-order chi connectivity index (χ0) is 17.1. The molecule has 1 atom stereocenters. The van der Waals surface area contributed by atoms with Gasteiger partial charge in [-0.15, -0.1) is 0 Å². The first kappa shape index (κ1) is 15.8. The Balaban J connectivity index is 1.34. The van der Waals surface area contributed by atoms with Crippen LogP contribution in [-0.2, 0) is 6.54 Å². The van der Waals surface area contributed by atoms with Gasteiger partial charge in [0, 0.05) is 25.5 Å². The van der Waals surface area contributed by atoms with E-state index in [1.54, 1.807) is 24.7 Å². The highest BCUT2D eigenvalue weighted by molar-refractivity contribution is 6.04. The molecule has 1 saturated heterocycles. The van der Waals surface area contributed by atoms with Crippen molar-refractivity contribution in [1.29, 1.82) is 0 Å². The molecule has 0 saturated carbocycles. The number of carbonyl (C=O) groups is 1. The topological polar surface area (TPSA) is 71.3 Å². The number of amides is 1. The zero-order valence-corrected chi connectivity index (χ0v) is 13.9. The molecule has 3 heterocycles. The number of carbonyl (C=O) groups excluding carboxylic acids is 1. The Labute approximate surface area is 145 Å². The Morgan fingerprint density at radius 2 is 2.16 bits per heavy atom. The van der Waals surface area contributed by atoms with E-state index in [-0.39, 0.29) is 5.91 Å². The Bertz CT molecular complexity index is 858. The molecule has 128 valence electrons. The van der Waals surface area contributed by atoms with Crippen molar-refractivity contribution >= 4 is 16.9 Å². The second-order valence-corrected chi connectivity index (χ2v) is 6.41. The van der Waals surface area contributed by atoms with Crippen LogP contribution in [0.4, 0.5) is 0 Å². The minimum absolute atomic E-state index is 0.0874. The molecular weight excluding hydrogens is 316 g/mol. The minimum atomic E-state index is -0.0874. The first-order valence-corrected chi connectivity index (χ1v) is 8.52. The largest absolute Gasteiger partial charge is 0.468 e. The fourth-order valence-electron chi connectivity index (χ4n) is 3.35. The van der Waals surface area contributed by atoms with E-state index in [1.807, 2.05) is 24.3 Å². The second-order valence-electron chi connectivity index (χ2n) is 6.41. The van der Waals surface area contributed by atoms with Crippen LogP contribution in [0.2, 0.25) is 0 Å². The average Bonchev–Trinajstić information content (AvgIpc) is 3.31. The molecular formula is C19H20N4O2.